The molecule has 0 spiro atoms. The number of imide groups is 1. The molecule has 1 saturated heterocycles. The third-order valence-electron chi connectivity index (χ3n) is 4.41. The predicted molar refractivity (Wildman–Crippen MR) is 97.6 cm³/mol. The minimum absolute atomic E-state index is 0.0757. The van der Waals surface area contributed by atoms with Crippen LogP contribution < -0.4 is 5.32 Å². The summed E-state index contributed by atoms with van der Waals surface area (Å²) >= 11 is 5.99. The summed E-state index contributed by atoms with van der Waals surface area (Å²) in [6, 6.07) is 11.8. The number of nitrogens with one attached hydrogen (secondary N) is 1. The lowest BCUT2D eigenvalue weighted by atomic mass is 9.97. The molecule has 0 radical (unpaired) electrons. The molecule has 3 aromatic rings. The van der Waals surface area contributed by atoms with Crippen LogP contribution in [0, 0.1) is 0 Å². The van der Waals surface area contributed by atoms with E-state index in [9.17, 15) is 9.59 Å². The van der Waals surface area contributed by atoms with Gasteiger partial charge in [0.1, 0.15) is 6.54 Å². The Labute approximate surface area is 160 Å². The van der Waals surface area contributed by atoms with Crippen molar-refractivity contribution >= 4 is 23.5 Å². The average Bonchev–Trinajstić information content (AvgIpc) is 3.22. The van der Waals surface area contributed by atoms with Gasteiger partial charge >= 0.3 is 6.03 Å². The minimum Gasteiger partial charge on any atom is -0.439 e. The summed E-state index contributed by atoms with van der Waals surface area (Å²) in [4.78, 5) is 34.7. The van der Waals surface area contributed by atoms with Gasteiger partial charge in [-0.2, -0.15) is 0 Å². The number of oxazole rings is 1. The van der Waals surface area contributed by atoms with Gasteiger partial charge in [-0.25, -0.2) is 9.78 Å². The van der Waals surface area contributed by atoms with Gasteiger partial charge in [0.05, 0.1) is 11.9 Å². The van der Waals surface area contributed by atoms with E-state index < -0.39 is 17.5 Å². The van der Waals surface area contributed by atoms with E-state index >= 15 is 0 Å². The van der Waals surface area contributed by atoms with E-state index in [1.165, 1.54) is 6.20 Å². The molecule has 1 aromatic carbocycles. The Bertz CT molecular complexity index is 1020. The van der Waals surface area contributed by atoms with Crippen LogP contribution in [-0.4, -0.2) is 26.8 Å². The van der Waals surface area contributed by atoms with Gasteiger partial charge in [0.15, 0.2) is 11.3 Å². The second-order valence-electron chi connectivity index (χ2n) is 6.29. The molecule has 1 atom stereocenters. The van der Waals surface area contributed by atoms with Crippen molar-refractivity contribution in [2.24, 2.45) is 0 Å². The maximum absolute atomic E-state index is 12.9. The summed E-state index contributed by atoms with van der Waals surface area (Å²) in [7, 11) is 0. The van der Waals surface area contributed by atoms with Gasteiger partial charge in [0, 0.05) is 16.8 Å². The van der Waals surface area contributed by atoms with E-state index in [0.29, 0.717) is 16.5 Å². The highest BCUT2D eigenvalue weighted by molar-refractivity contribution is 6.30. The van der Waals surface area contributed by atoms with Crippen LogP contribution in [-0.2, 0) is 16.9 Å². The van der Waals surface area contributed by atoms with Crippen LogP contribution in [0.2, 0.25) is 5.02 Å². The van der Waals surface area contributed by atoms with Crippen molar-refractivity contribution in [1.29, 1.82) is 0 Å². The molecule has 0 bridgehead atoms. The number of hydrogen-bond acceptors (Lipinski definition) is 5. The SMILES string of the molecule is CC1(c2ccccn2)NC(=O)N(Cc2ncc(-c3cccc(Cl)c3)o2)C1=O. The standard InChI is InChI=1S/C19H15ClN4O3/c1-19(15-7-2-3-8-21-15)17(25)24(18(26)23-19)11-16-22-10-14(27-16)12-5-4-6-13(20)9-12/h2-10H,11H2,1H3,(H,23,26). The van der Waals surface area contributed by atoms with Crippen LogP contribution in [0.4, 0.5) is 4.79 Å². The predicted octanol–water partition coefficient (Wildman–Crippen LogP) is 3.36. The lowest BCUT2D eigenvalue weighted by Crippen LogP contribution is -2.41. The van der Waals surface area contributed by atoms with E-state index in [2.05, 4.69) is 15.3 Å². The van der Waals surface area contributed by atoms with E-state index in [4.69, 9.17) is 16.0 Å². The van der Waals surface area contributed by atoms with Crippen molar-refractivity contribution < 1.29 is 14.0 Å². The lowest BCUT2D eigenvalue weighted by molar-refractivity contribution is -0.131. The monoisotopic (exact) mass is 382 g/mol. The number of carbonyl (C=O) groups excluding carboxylic acids is 2. The number of aromatic nitrogens is 2. The largest absolute Gasteiger partial charge is 0.439 e. The number of rotatable bonds is 4. The number of benzene rings is 1. The molecule has 4 rings (SSSR count). The maximum atomic E-state index is 12.9. The highest BCUT2D eigenvalue weighted by Gasteiger charge is 2.50. The summed E-state index contributed by atoms with van der Waals surface area (Å²) in [5, 5.41) is 3.28. The number of pyridine rings is 1. The fourth-order valence-electron chi connectivity index (χ4n) is 2.97. The molecule has 1 aliphatic heterocycles. The molecular formula is C19H15ClN4O3. The molecule has 0 saturated carbocycles. The summed E-state index contributed by atoms with van der Waals surface area (Å²) in [5.41, 5.74) is 0.00965. The van der Waals surface area contributed by atoms with Gasteiger partial charge in [0.25, 0.3) is 5.91 Å². The summed E-state index contributed by atoms with van der Waals surface area (Å²) < 4.78 is 5.70. The Hall–Kier alpha value is -3.19. The Morgan fingerprint density at radius 2 is 2.04 bits per heavy atom. The number of nitrogens with zero attached hydrogens (tertiary/aromatic N) is 3. The van der Waals surface area contributed by atoms with Crippen molar-refractivity contribution in [1.82, 2.24) is 20.2 Å². The Morgan fingerprint density at radius 3 is 2.78 bits per heavy atom. The van der Waals surface area contributed by atoms with Crippen molar-refractivity contribution in [2.75, 3.05) is 0 Å². The molecule has 1 aliphatic rings. The fraction of sp³-hybridized carbons (Fsp3) is 0.158. The van der Waals surface area contributed by atoms with Crippen molar-refractivity contribution in [3.8, 4) is 11.3 Å². The fourth-order valence-corrected chi connectivity index (χ4v) is 3.16. The zero-order chi connectivity index (χ0) is 19.0. The van der Waals surface area contributed by atoms with Crippen LogP contribution in [0.3, 0.4) is 0 Å². The molecule has 1 N–H and O–H groups in total. The molecule has 7 nitrogen and oxygen atoms in total. The van der Waals surface area contributed by atoms with Gasteiger partial charge < -0.3 is 9.73 Å². The lowest BCUT2D eigenvalue weighted by Gasteiger charge is -2.20. The van der Waals surface area contributed by atoms with Gasteiger partial charge in [-0.15, -0.1) is 0 Å². The van der Waals surface area contributed by atoms with Crippen LogP contribution in [0.15, 0.2) is 59.3 Å². The number of amides is 3. The first-order chi connectivity index (χ1) is 13.0. The quantitative estimate of drug-likeness (QED) is 0.699. The third kappa shape index (κ3) is 3.06. The molecule has 2 aromatic heterocycles. The summed E-state index contributed by atoms with van der Waals surface area (Å²) in [6.07, 6.45) is 3.12. The molecule has 8 heteroatoms. The van der Waals surface area contributed by atoms with Crippen LogP contribution in [0.25, 0.3) is 11.3 Å². The van der Waals surface area contributed by atoms with Gasteiger partial charge in [-0.05, 0) is 31.2 Å². The highest BCUT2D eigenvalue weighted by Crippen LogP contribution is 2.29. The van der Waals surface area contributed by atoms with Crippen LogP contribution in [0.1, 0.15) is 18.5 Å². The Kier molecular flexibility index (Phi) is 4.16. The molecule has 136 valence electrons. The highest BCUT2D eigenvalue weighted by atomic mass is 35.5. The Morgan fingerprint density at radius 1 is 1.19 bits per heavy atom. The van der Waals surface area contributed by atoms with Crippen molar-refractivity contribution in [2.45, 2.75) is 19.0 Å². The molecule has 1 unspecified atom stereocenters. The normalized spacial score (nSPS) is 19.4. The summed E-state index contributed by atoms with van der Waals surface area (Å²) in [5.74, 6) is 0.347. The van der Waals surface area contributed by atoms with Crippen molar-refractivity contribution in [3.05, 3.63) is 71.5 Å². The topological polar surface area (TPSA) is 88.3 Å². The van der Waals surface area contributed by atoms with Gasteiger partial charge in [0.2, 0.25) is 5.89 Å². The number of halogens is 1. The zero-order valence-electron chi connectivity index (χ0n) is 14.3. The second kappa shape index (κ2) is 6.51. The number of urea groups is 1. The first kappa shape index (κ1) is 17.2. The molecular weight excluding hydrogens is 368 g/mol. The van der Waals surface area contributed by atoms with E-state index in [1.807, 2.05) is 6.07 Å². The smallest absolute Gasteiger partial charge is 0.325 e. The molecule has 0 aliphatic carbocycles. The molecule has 27 heavy (non-hydrogen) atoms. The average molecular weight is 383 g/mol. The maximum Gasteiger partial charge on any atom is 0.325 e. The third-order valence-corrected chi connectivity index (χ3v) is 4.64. The van der Waals surface area contributed by atoms with E-state index in [1.54, 1.807) is 49.5 Å². The second-order valence-corrected chi connectivity index (χ2v) is 6.73. The Balaban J connectivity index is 1.57. The van der Waals surface area contributed by atoms with Crippen molar-refractivity contribution in [3.63, 3.8) is 0 Å². The number of hydrogen-bond donors (Lipinski definition) is 1. The van der Waals surface area contributed by atoms with Gasteiger partial charge in [-0.3, -0.25) is 14.7 Å². The summed E-state index contributed by atoms with van der Waals surface area (Å²) in [6.45, 7) is 1.55. The van der Waals surface area contributed by atoms with E-state index in [-0.39, 0.29) is 12.4 Å². The molecule has 1 fully saturated rings. The number of carbonyl (C=O) groups is 2. The zero-order valence-corrected chi connectivity index (χ0v) is 15.1. The van der Waals surface area contributed by atoms with Crippen LogP contribution in [0.5, 0.6) is 0 Å². The molecule has 3 amide bonds. The van der Waals surface area contributed by atoms with E-state index in [0.717, 1.165) is 10.5 Å². The first-order valence-electron chi connectivity index (χ1n) is 8.23. The first-order valence-corrected chi connectivity index (χ1v) is 8.61. The van der Waals surface area contributed by atoms with Crippen LogP contribution >= 0.6 is 11.6 Å². The minimum atomic E-state index is -1.22. The molecule has 3 heterocycles. The van der Waals surface area contributed by atoms with Gasteiger partial charge in [-0.1, -0.05) is 29.8 Å².